The van der Waals surface area contributed by atoms with Crippen molar-refractivity contribution in [1.82, 2.24) is 15.1 Å². The van der Waals surface area contributed by atoms with Crippen LogP contribution in [0.1, 0.15) is 56.1 Å². The summed E-state index contributed by atoms with van der Waals surface area (Å²) in [6.45, 7) is 5.68. The van der Waals surface area contributed by atoms with Crippen LogP contribution in [0.25, 0.3) is 0 Å². The predicted octanol–water partition coefficient (Wildman–Crippen LogP) is 4.24. The van der Waals surface area contributed by atoms with Gasteiger partial charge in [-0.05, 0) is 42.7 Å². The molecule has 182 valence electrons. The monoisotopic (exact) mass is 461 g/mol. The zero-order chi connectivity index (χ0) is 23.8. The fourth-order valence-corrected chi connectivity index (χ4v) is 5.71. The maximum atomic E-state index is 13.3. The van der Waals surface area contributed by atoms with Crippen LogP contribution in [0, 0.1) is 5.92 Å². The van der Waals surface area contributed by atoms with Crippen LogP contribution in [0.4, 0.5) is 0 Å². The van der Waals surface area contributed by atoms with Gasteiger partial charge in [-0.1, -0.05) is 80.4 Å². The Bertz CT molecular complexity index is 903. The first-order chi connectivity index (χ1) is 16.7. The molecule has 4 rings (SSSR count). The molecule has 2 atom stereocenters. The minimum absolute atomic E-state index is 0.0772. The van der Waals surface area contributed by atoms with Crippen molar-refractivity contribution in [2.45, 2.75) is 57.4 Å². The lowest BCUT2D eigenvalue weighted by atomic mass is 9.93. The number of benzene rings is 2. The van der Waals surface area contributed by atoms with Gasteiger partial charge in [0.1, 0.15) is 0 Å². The summed E-state index contributed by atoms with van der Waals surface area (Å²) in [6, 6.07) is 20.4. The molecule has 0 aromatic heterocycles. The normalized spacial score (nSPS) is 19.0. The zero-order valence-electron chi connectivity index (χ0n) is 20.5. The first kappa shape index (κ1) is 24.5. The van der Waals surface area contributed by atoms with Gasteiger partial charge >= 0.3 is 0 Å². The summed E-state index contributed by atoms with van der Waals surface area (Å²) >= 11 is 0. The Morgan fingerprint density at radius 1 is 0.912 bits per heavy atom. The Kier molecular flexibility index (Phi) is 8.75. The van der Waals surface area contributed by atoms with Crippen molar-refractivity contribution < 1.29 is 9.59 Å². The van der Waals surface area contributed by atoms with Gasteiger partial charge in [0.25, 0.3) is 0 Å². The Morgan fingerprint density at radius 3 is 2.15 bits per heavy atom. The number of amides is 2. The number of hydrogen-bond donors (Lipinski definition) is 1. The first-order valence-electron chi connectivity index (χ1n) is 13.1. The van der Waals surface area contributed by atoms with Gasteiger partial charge in [0.2, 0.25) is 11.8 Å². The number of nitrogens with zero attached hydrogens (tertiary/aromatic N) is 2. The predicted molar refractivity (Wildman–Crippen MR) is 137 cm³/mol. The molecule has 2 unspecified atom stereocenters. The van der Waals surface area contributed by atoms with Crippen LogP contribution < -0.4 is 5.32 Å². The molecule has 1 N–H and O–H groups in total. The van der Waals surface area contributed by atoms with Gasteiger partial charge in [0.15, 0.2) is 0 Å². The number of piperazine rings is 1. The van der Waals surface area contributed by atoms with Crippen LogP contribution in [-0.4, -0.2) is 60.4 Å². The summed E-state index contributed by atoms with van der Waals surface area (Å²) in [6.07, 6.45) is 6.34. The minimum Gasteiger partial charge on any atom is -0.354 e. The average molecular weight is 462 g/mol. The van der Waals surface area contributed by atoms with Crippen LogP contribution in [0.2, 0.25) is 0 Å². The van der Waals surface area contributed by atoms with Gasteiger partial charge in [-0.25, -0.2) is 0 Å². The molecule has 34 heavy (non-hydrogen) atoms. The van der Waals surface area contributed by atoms with Crippen molar-refractivity contribution in [3.05, 3.63) is 71.8 Å². The topological polar surface area (TPSA) is 52.7 Å². The highest BCUT2D eigenvalue weighted by Gasteiger charge is 2.37. The molecule has 2 fully saturated rings. The van der Waals surface area contributed by atoms with Crippen molar-refractivity contribution in [3.8, 4) is 0 Å². The second kappa shape index (κ2) is 12.2. The van der Waals surface area contributed by atoms with Crippen LogP contribution in [0.5, 0.6) is 0 Å². The van der Waals surface area contributed by atoms with Gasteiger partial charge in [-0.2, -0.15) is 0 Å². The molecule has 0 bridgehead atoms. The van der Waals surface area contributed by atoms with Crippen LogP contribution in [0.3, 0.4) is 0 Å². The third-order valence-electron chi connectivity index (χ3n) is 7.60. The largest absolute Gasteiger partial charge is 0.354 e. The Hall–Kier alpha value is -2.66. The number of nitrogens with one attached hydrogen (secondary N) is 1. The van der Waals surface area contributed by atoms with Gasteiger partial charge in [-0.3, -0.25) is 14.5 Å². The van der Waals surface area contributed by atoms with Gasteiger partial charge in [-0.15, -0.1) is 0 Å². The van der Waals surface area contributed by atoms with Gasteiger partial charge < -0.3 is 10.2 Å². The number of carbonyl (C=O) groups excluding carboxylic acids is 2. The second-order valence-corrected chi connectivity index (χ2v) is 9.75. The van der Waals surface area contributed by atoms with E-state index in [0.717, 1.165) is 44.3 Å². The van der Waals surface area contributed by atoms with Crippen molar-refractivity contribution in [2.75, 3.05) is 32.7 Å². The van der Waals surface area contributed by atoms with Gasteiger partial charge in [0.05, 0.1) is 12.0 Å². The molecular formula is C29H39N3O2. The molecule has 2 aromatic carbocycles. The molecule has 2 aromatic rings. The Balaban J connectivity index is 1.35. The molecule has 0 spiro atoms. The summed E-state index contributed by atoms with van der Waals surface area (Å²) in [4.78, 5) is 31.0. The summed E-state index contributed by atoms with van der Waals surface area (Å²) in [5.74, 6) is 0.725. The second-order valence-electron chi connectivity index (χ2n) is 9.75. The fraction of sp³-hybridized carbons (Fsp3) is 0.517. The van der Waals surface area contributed by atoms with E-state index in [2.05, 4.69) is 41.4 Å². The number of carbonyl (C=O) groups is 2. The highest BCUT2D eigenvalue weighted by atomic mass is 16.2. The van der Waals surface area contributed by atoms with E-state index < -0.39 is 0 Å². The van der Waals surface area contributed by atoms with Gasteiger partial charge in [0, 0.05) is 32.7 Å². The number of hydrogen-bond acceptors (Lipinski definition) is 3. The lowest BCUT2D eigenvalue weighted by molar-refractivity contribution is -0.136. The maximum Gasteiger partial charge on any atom is 0.237 e. The SMILES string of the molecule is CCC(C(=O)N1CCN(C(C(=O)NCCc2ccccc2)C2CCCC2)CC1)c1ccccc1. The summed E-state index contributed by atoms with van der Waals surface area (Å²) in [5, 5.41) is 3.23. The molecule has 5 nitrogen and oxygen atoms in total. The lowest BCUT2D eigenvalue weighted by Crippen LogP contribution is -2.58. The fourth-order valence-electron chi connectivity index (χ4n) is 5.71. The zero-order valence-corrected chi connectivity index (χ0v) is 20.5. The van der Waals surface area contributed by atoms with E-state index in [1.54, 1.807) is 0 Å². The smallest absolute Gasteiger partial charge is 0.237 e. The van der Waals surface area contributed by atoms with Crippen LogP contribution >= 0.6 is 0 Å². The molecule has 1 aliphatic carbocycles. The minimum atomic E-state index is -0.0836. The van der Waals surface area contributed by atoms with E-state index in [9.17, 15) is 9.59 Å². The van der Waals surface area contributed by atoms with E-state index in [-0.39, 0.29) is 23.8 Å². The van der Waals surface area contributed by atoms with E-state index in [0.29, 0.717) is 25.6 Å². The van der Waals surface area contributed by atoms with Crippen molar-refractivity contribution in [1.29, 1.82) is 0 Å². The van der Waals surface area contributed by atoms with Crippen molar-refractivity contribution >= 4 is 11.8 Å². The standard InChI is InChI=1S/C29H39N3O2/c1-2-26(24-13-7-4-8-14-24)29(34)32-21-19-31(20-22-32)27(25-15-9-10-16-25)28(33)30-18-17-23-11-5-3-6-12-23/h3-8,11-14,25-27H,2,9-10,15-22H2,1H3,(H,30,33). The average Bonchev–Trinajstić information content (AvgIpc) is 3.41. The summed E-state index contributed by atoms with van der Waals surface area (Å²) in [7, 11) is 0. The third kappa shape index (κ3) is 6.06. The summed E-state index contributed by atoms with van der Waals surface area (Å²) < 4.78 is 0. The van der Waals surface area contributed by atoms with E-state index in [1.165, 1.54) is 18.4 Å². The molecule has 1 aliphatic heterocycles. The van der Waals surface area contributed by atoms with E-state index in [1.807, 2.05) is 41.3 Å². The molecule has 2 amide bonds. The lowest BCUT2D eigenvalue weighted by Gasteiger charge is -2.41. The first-order valence-corrected chi connectivity index (χ1v) is 13.1. The summed E-state index contributed by atoms with van der Waals surface area (Å²) in [5.41, 5.74) is 2.34. The number of rotatable bonds is 9. The molecule has 1 saturated heterocycles. The highest BCUT2D eigenvalue weighted by Crippen LogP contribution is 2.31. The van der Waals surface area contributed by atoms with E-state index >= 15 is 0 Å². The molecule has 0 radical (unpaired) electrons. The maximum absolute atomic E-state index is 13.3. The van der Waals surface area contributed by atoms with Crippen molar-refractivity contribution in [3.63, 3.8) is 0 Å². The Morgan fingerprint density at radius 2 is 1.53 bits per heavy atom. The molecule has 1 heterocycles. The van der Waals surface area contributed by atoms with Crippen LogP contribution in [-0.2, 0) is 16.0 Å². The molecule has 2 aliphatic rings. The molecule has 1 saturated carbocycles. The Labute approximate surface area is 204 Å². The quantitative estimate of drug-likeness (QED) is 0.608. The van der Waals surface area contributed by atoms with E-state index in [4.69, 9.17) is 0 Å². The third-order valence-corrected chi connectivity index (χ3v) is 7.60. The van der Waals surface area contributed by atoms with Crippen molar-refractivity contribution in [2.24, 2.45) is 5.92 Å². The molecule has 5 heteroatoms. The molecular weight excluding hydrogens is 422 g/mol. The highest BCUT2D eigenvalue weighted by molar-refractivity contribution is 5.84. The van der Waals surface area contributed by atoms with Crippen LogP contribution in [0.15, 0.2) is 60.7 Å².